The summed E-state index contributed by atoms with van der Waals surface area (Å²) >= 11 is 7.78. The van der Waals surface area contributed by atoms with Crippen molar-refractivity contribution in [3.05, 3.63) is 58.6 Å². The van der Waals surface area contributed by atoms with Crippen LogP contribution in [-0.4, -0.2) is 0 Å². The summed E-state index contributed by atoms with van der Waals surface area (Å²) in [6, 6.07) is 14.6. The monoisotopic (exact) mass is 305 g/mol. The van der Waals surface area contributed by atoms with E-state index >= 15 is 0 Å². The zero-order valence-electron chi connectivity index (χ0n) is 12.1. The fourth-order valence-corrected chi connectivity index (χ4v) is 3.17. The van der Waals surface area contributed by atoms with Gasteiger partial charge in [0.05, 0.1) is 0 Å². The molecular formula is C17H20ClNS. The summed E-state index contributed by atoms with van der Waals surface area (Å²) in [7, 11) is 0. The molecule has 0 aliphatic rings. The fraction of sp³-hybridized carbons (Fsp3) is 0.294. The molecule has 2 N–H and O–H groups in total. The molecule has 0 radical (unpaired) electrons. The maximum Gasteiger partial charge on any atom is 0.0417 e. The zero-order chi connectivity index (χ0) is 14.8. The molecule has 0 bridgehead atoms. The summed E-state index contributed by atoms with van der Waals surface area (Å²) < 4.78 is 0. The van der Waals surface area contributed by atoms with Gasteiger partial charge in [0.1, 0.15) is 0 Å². The van der Waals surface area contributed by atoms with Gasteiger partial charge < -0.3 is 5.73 Å². The molecule has 0 atom stereocenters. The molecule has 0 saturated heterocycles. The normalized spacial score (nSPS) is 11.7. The minimum absolute atomic E-state index is 0.182. The predicted molar refractivity (Wildman–Crippen MR) is 88.6 cm³/mol. The standard InChI is InChI=1S/C17H20ClNS/c1-17(2,3)13-5-8-15(9-6-13)20-16-10-14(18)7-4-12(16)11-19/h4-10H,11,19H2,1-3H3. The van der Waals surface area contributed by atoms with Crippen LogP contribution in [0.3, 0.4) is 0 Å². The van der Waals surface area contributed by atoms with Crippen LogP contribution in [0.5, 0.6) is 0 Å². The van der Waals surface area contributed by atoms with Crippen molar-refractivity contribution in [2.75, 3.05) is 0 Å². The summed E-state index contributed by atoms with van der Waals surface area (Å²) in [5.74, 6) is 0. The number of nitrogens with two attached hydrogens (primary N) is 1. The Bertz CT molecular complexity index is 585. The Morgan fingerprint density at radius 3 is 2.25 bits per heavy atom. The van der Waals surface area contributed by atoms with E-state index in [0.29, 0.717) is 6.54 Å². The third-order valence-electron chi connectivity index (χ3n) is 3.20. The Labute approximate surface area is 130 Å². The third-order valence-corrected chi connectivity index (χ3v) is 4.54. The molecule has 0 fully saturated rings. The summed E-state index contributed by atoms with van der Waals surface area (Å²) in [5, 5.41) is 0.746. The third kappa shape index (κ3) is 3.78. The van der Waals surface area contributed by atoms with Crippen LogP contribution in [0, 0.1) is 0 Å². The lowest BCUT2D eigenvalue weighted by molar-refractivity contribution is 0.590. The molecule has 0 aliphatic heterocycles. The number of halogens is 1. The Balaban J connectivity index is 2.24. The average molecular weight is 306 g/mol. The Morgan fingerprint density at radius 2 is 1.70 bits per heavy atom. The second-order valence-electron chi connectivity index (χ2n) is 5.83. The van der Waals surface area contributed by atoms with Gasteiger partial charge in [0, 0.05) is 21.4 Å². The maximum absolute atomic E-state index is 6.07. The van der Waals surface area contributed by atoms with Crippen molar-refractivity contribution >= 4 is 23.4 Å². The molecule has 0 spiro atoms. The zero-order valence-corrected chi connectivity index (χ0v) is 13.7. The molecule has 2 rings (SSSR count). The van der Waals surface area contributed by atoms with Gasteiger partial charge >= 0.3 is 0 Å². The predicted octanol–water partition coefficient (Wildman–Crippen LogP) is 5.25. The molecule has 0 aromatic heterocycles. The molecule has 2 aromatic rings. The van der Waals surface area contributed by atoms with E-state index in [1.165, 1.54) is 10.5 Å². The minimum Gasteiger partial charge on any atom is -0.326 e. The van der Waals surface area contributed by atoms with Crippen molar-refractivity contribution in [3.8, 4) is 0 Å². The molecule has 0 amide bonds. The number of benzene rings is 2. The SMILES string of the molecule is CC(C)(C)c1ccc(Sc2cc(Cl)ccc2CN)cc1. The first-order valence-corrected chi connectivity index (χ1v) is 7.86. The van der Waals surface area contributed by atoms with Gasteiger partial charge in [-0.1, -0.05) is 62.3 Å². The van der Waals surface area contributed by atoms with Crippen LogP contribution in [-0.2, 0) is 12.0 Å². The number of rotatable bonds is 3. The molecule has 1 nitrogen and oxygen atoms in total. The maximum atomic E-state index is 6.07. The number of hydrogen-bond donors (Lipinski definition) is 1. The second kappa shape index (κ2) is 6.21. The second-order valence-corrected chi connectivity index (χ2v) is 7.38. The lowest BCUT2D eigenvalue weighted by atomic mass is 9.87. The lowest BCUT2D eigenvalue weighted by Crippen LogP contribution is -2.10. The fourth-order valence-electron chi connectivity index (χ4n) is 1.94. The Kier molecular flexibility index (Phi) is 4.79. The van der Waals surface area contributed by atoms with Crippen LogP contribution in [0.1, 0.15) is 31.9 Å². The Hall–Kier alpha value is -0.960. The van der Waals surface area contributed by atoms with Gasteiger partial charge in [0.2, 0.25) is 0 Å². The molecular weight excluding hydrogens is 286 g/mol. The Morgan fingerprint density at radius 1 is 1.05 bits per heavy atom. The van der Waals surface area contributed by atoms with Gasteiger partial charge in [-0.05, 0) is 40.8 Å². The molecule has 106 valence electrons. The van der Waals surface area contributed by atoms with E-state index in [2.05, 4.69) is 45.0 Å². The molecule has 2 aromatic carbocycles. The van der Waals surface area contributed by atoms with Crippen molar-refractivity contribution in [2.24, 2.45) is 5.73 Å². The van der Waals surface area contributed by atoms with Gasteiger partial charge in [0.15, 0.2) is 0 Å². The number of hydrogen-bond acceptors (Lipinski definition) is 2. The van der Waals surface area contributed by atoms with Crippen molar-refractivity contribution in [3.63, 3.8) is 0 Å². The van der Waals surface area contributed by atoms with Gasteiger partial charge in [-0.2, -0.15) is 0 Å². The quantitative estimate of drug-likeness (QED) is 0.838. The van der Waals surface area contributed by atoms with E-state index in [1.54, 1.807) is 11.8 Å². The van der Waals surface area contributed by atoms with E-state index < -0.39 is 0 Å². The summed E-state index contributed by atoms with van der Waals surface area (Å²) in [5.41, 5.74) is 8.43. The van der Waals surface area contributed by atoms with Crippen LogP contribution < -0.4 is 5.73 Å². The highest BCUT2D eigenvalue weighted by Crippen LogP contribution is 2.33. The summed E-state index contributed by atoms with van der Waals surface area (Å²) in [6.45, 7) is 7.19. The van der Waals surface area contributed by atoms with Gasteiger partial charge in [-0.15, -0.1) is 0 Å². The molecule has 0 aliphatic carbocycles. The highest BCUT2D eigenvalue weighted by molar-refractivity contribution is 7.99. The van der Waals surface area contributed by atoms with Crippen LogP contribution in [0.15, 0.2) is 52.3 Å². The molecule has 0 heterocycles. The first-order chi connectivity index (χ1) is 9.40. The largest absolute Gasteiger partial charge is 0.326 e. The van der Waals surface area contributed by atoms with E-state index in [-0.39, 0.29) is 5.41 Å². The average Bonchev–Trinajstić information content (AvgIpc) is 2.38. The van der Waals surface area contributed by atoms with Gasteiger partial charge in [-0.3, -0.25) is 0 Å². The van der Waals surface area contributed by atoms with Gasteiger partial charge in [0.25, 0.3) is 0 Å². The van der Waals surface area contributed by atoms with Crippen molar-refractivity contribution in [1.29, 1.82) is 0 Å². The minimum atomic E-state index is 0.182. The van der Waals surface area contributed by atoms with Crippen molar-refractivity contribution < 1.29 is 0 Å². The smallest absolute Gasteiger partial charge is 0.0417 e. The summed E-state index contributed by atoms with van der Waals surface area (Å²) in [4.78, 5) is 2.33. The molecule has 0 saturated carbocycles. The molecule has 3 heteroatoms. The van der Waals surface area contributed by atoms with Crippen LogP contribution >= 0.6 is 23.4 Å². The summed E-state index contributed by atoms with van der Waals surface area (Å²) in [6.07, 6.45) is 0. The van der Waals surface area contributed by atoms with Crippen LogP contribution in [0.25, 0.3) is 0 Å². The highest BCUT2D eigenvalue weighted by atomic mass is 35.5. The van der Waals surface area contributed by atoms with E-state index in [0.717, 1.165) is 15.5 Å². The van der Waals surface area contributed by atoms with Crippen LogP contribution in [0.2, 0.25) is 5.02 Å². The van der Waals surface area contributed by atoms with E-state index in [4.69, 9.17) is 17.3 Å². The van der Waals surface area contributed by atoms with E-state index in [1.807, 2.05) is 18.2 Å². The lowest BCUT2D eigenvalue weighted by Gasteiger charge is -2.19. The van der Waals surface area contributed by atoms with E-state index in [9.17, 15) is 0 Å². The molecule has 20 heavy (non-hydrogen) atoms. The molecule has 0 unspecified atom stereocenters. The van der Waals surface area contributed by atoms with Gasteiger partial charge in [-0.25, -0.2) is 0 Å². The first-order valence-electron chi connectivity index (χ1n) is 6.67. The highest BCUT2D eigenvalue weighted by Gasteiger charge is 2.13. The topological polar surface area (TPSA) is 26.0 Å². The van der Waals surface area contributed by atoms with Crippen LogP contribution in [0.4, 0.5) is 0 Å². The van der Waals surface area contributed by atoms with Crippen molar-refractivity contribution in [2.45, 2.75) is 42.5 Å². The van der Waals surface area contributed by atoms with Crippen molar-refractivity contribution in [1.82, 2.24) is 0 Å². The first kappa shape index (κ1) is 15.4.